The summed E-state index contributed by atoms with van der Waals surface area (Å²) in [6, 6.07) is 9.63. The van der Waals surface area contributed by atoms with E-state index in [9.17, 15) is 0 Å². The Hall–Kier alpha value is -0.570. The maximum atomic E-state index is 3.47. The van der Waals surface area contributed by atoms with Crippen LogP contribution in [0.2, 0.25) is 0 Å². The molecule has 1 atom stereocenters. The molecule has 1 aliphatic rings. The van der Waals surface area contributed by atoms with Crippen molar-refractivity contribution in [3.05, 3.63) is 35.4 Å². The molecule has 1 N–H and O–H groups in total. The highest BCUT2D eigenvalue weighted by atomic mass is 35.5. The second-order valence-corrected chi connectivity index (χ2v) is 5.11. The molecule has 18 heavy (non-hydrogen) atoms. The van der Waals surface area contributed by atoms with Gasteiger partial charge in [0, 0.05) is 19.1 Å². The highest BCUT2D eigenvalue weighted by Crippen LogP contribution is 2.14. The van der Waals surface area contributed by atoms with E-state index in [2.05, 4.69) is 48.3 Å². The third-order valence-electron chi connectivity index (χ3n) is 3.53. The number of halogens is 1. The van der Waals surface area contributed by atoms with Gasteiger partial charge in [-0.25, -0.2) is 0 Å². The van der Waals surface area contributed by atoms with E-state index >= 15 is 0 Å². The molecule has 1 aromatic carbocycles. The summed E-state index contributed by atoms with van der Waals surface area (Å²) in [7, 11) is 0. The van der Waals surface area contributed by atoms with Crippen LogP contribution in [0.15, 0.2) is 24.3 Å². The normalized spacial score (nSPS) is 18.9. The average molecular weight is 269 g/mol. The lowest BCUT2D eigenvalue weighted by atomic mass is 10.1. The zero-order valence-corrected chi connectivity index (χ0v) is 12.3. The molecule has 102 valence electrons. The molecule has 1 aromatic rings. The smallest absolute Gasteiger partial charge is 0.0237 e. The van der Waals surface area contributed by atoms with Crippen LogP contribution >= 0.6 is 12.4 Å². The summed E-state index contributed by atoms with van der Waals surface area (Å²) in [4.78, 5) is 2.63. The lowest BCUT2D eigenvalue weighted by molar-refractivity contribution is 0.199. The standard InChI is InChI=1S/C15H24N2.ClH/c1-3-9-17(15-7-8-16-11-15)12-14-6-4-5-13(2)10-14;/h4-6,10,15-16H,3,7-9,11-12H2,1-2H3;1H. The van der Waals surface area contributed by atoms with Crippen molar-refractivity contribution in [3.63, 3.8) is 0 Å². The van der Waals surface area contributed by atoms with Crippen LogP contribution in [0.1, 0.15) is 30.9 Å². The van der Waals surface area contributed by atoms with Gasteiger partial charge < -0.3 is 5.32 Å². The van der Waals surface area contributed by atoms with Gasteiger partial charge in [0.15, 0.2) is 0 Å². The van der Waals surface area contributed by atoms with E-state index in [1.54, 1.807) is 0 Å². The van der Waals surface area contributed by atoms with Gasteiger partial charge in [0.05, 0.1) is 0 Å². The summed E-state index contributed by atoms with van der Waals surface area (Å²) < 4.78 is 0. The molecule has 0 radical (unpaired) electrons. The maximum absolute atomic E-state index is 3.47. The summed E-state index contributed by atoms with van der Waals surface area (Å²) in [5.74, 6) is 0. The number of hydrogen-bond acceptors (Lipinski definition) is 2. The van der Waals surface area contributed by atoms with Crippen LogP contribution in [0.3, 0.4) is 0 Å². The predicted octanol–water partition coefficient (Wildman–Crippen LogP) is 2.99. The van der Waals surface area contributed by atoms with Crippen molar-refractivity contribution in [2.75, 3.05) is 19.6 Å². The molecule has 3 heteroatoms. The minimum atomic E-state index is 0. The Bertz CT molecular complexity index is 348. The van der Waals surface area contributed by atoms with Crippen molar-refractivity contribution < 1.29 is 0 Å². The van der Waals surface area contributed by atoms with Crippen molar-refractivity contribution in [1.29, 1.82) is 0 Å². The summed E-state index contributed by atoms with van der Waals surface area (Å²) in [6.07, 6.45) is 2.54. The van der Waals surface area contributed by atoms with Gasteiger partial charge in [-0.3, -0.25) is 4.90 Å². The molecule has 1 heterocycles. The number of rotatable bonds is 5. The van der Waals surface area contributed by atoms with E-state index in [-0.39, 0.29) is 12.4 Å². The predicted molar refractivity (Wildman–Crippen MR) is 80.4 cm³/mol. The fourth-order valence-corrected chi connectivity index (χ4v) is 2.67. The van der Waals surface area contributed by atoms with Crippen LogP contribution < -0.4 is 5.32 Å². The van der Waals surface area contributed by atoms with Gasteiger partial charge in [-0.2, -0.15) is 0 Å². The van der Waals surface area contributed by atoms with E-state index in [1.807, 2.05) is 0 Å². The van der Waals surface area contributed by atoms with Crippen LogP contribution in [0.5, 0.6) is 0 Å². The fraction of sp³-hybridized carbons (Fsp3) is 0.600. The quantitative estimate of drug-likeness (QED) is 0.883. The topological polar surface area (TPSA) is 15.3 Å². The van der Waals surface area contributed by atoms with Crippen molar-refractivity contribution in [3.8, 4) is 0 Å². The highest BCUT2D eigenvalue weighted by Gasteiger charge is 2.21. The number of hydrogen-bond donors (Lipinski definition) is 1. The van der Waals surface area contributed by atoms with E-state index in [0.29, 0.717) is 0 Å². The van der Waals surface area contributed by atoms with Crippen molar-refractivity contribution in [1.82, 2.24) is 10.2 Å². The minimum Gasteiger partial charge on any atom is -0.315 e. The van der Waals surface area contributed by atoms with Gasteiger partial charge in [0.1, 0.15) is 0 Å². The van der Waals surface area contributed by atoms with Crippen LogP contribution in [-0.4, -0.2) is 30.6 Å². The Morgan fingerprint density at radius 3 is 2.83 bits per heavy atom. The first-order chi connectivity index (χ1) is 8.29. The Balaban J connectivity index is 0.00000162. The molecule has 0 saturated carbocycles. The fourth-order valence-electron chi connectivity index (χ4n) is 2.67. The number of benzene rings is 1. The molecule has 0 aromatic heterocycles. The number of aryl methyl sites for hydroxylation is 1. The van der Waals surface area contributed by atoms with Crippen LogP contribution in [-0.2, 0) is 6.54 Å². The van der Waals surface area contributed by atoms with Gasteiger partial charge in [0.2, 0.25) is 0 Å². The zero-order valence-electron chi connectivity index (χ0n) is 11.5. The first-order valence-electron chi connectivity index (χ1n) is 6.80. The molecule has 1 fully saturated rings. The lowest BCUT2D eigenvalue weighted by Crippen LogP contribution is -2.36. The van der Waals surface area contributed by atoms with Crippen molar-refractivity contribution in [2.24, 2.45) is 0 Å². The summed E-state index contributed by atoms with van der Waals surface area (Å²) >= 11 is 0. The third-order valence-corrected chi connectivity index (χ3v) is 3.53. The Kier molecular flexibility index (Phi) is 6.69. The summed E-state index contributed by atoms with van der Waals surface area (Å²) in [5, 5.41) is 3.47. The Morgan fingerprint density at radius 2 is 2.22 bits per heavy atom. The Morgan fingerprint density at radius 1 is 1.39 bits per heavy atom. The molecular weight excluding hydrogens is 244 g/mol. The van der Waals surface area contributed by atoms with Gasteiger partial charge in [-0.1, -0.05) is 36.8 Å². The first kappa shape index (κ1) is 15.5. The number of nitrogens with zero attached hydrogens (tertiary/aromatic N) is 1. The number of nitrogens with one attached hydrogen (secondary N) is 1. The molecule has 0 spiro atoms. The molecule has 2 nitrogen and oxygen atoms in total. The van der Waals surface area contributed by atoms with E-state index in [4.69, 9.17) is 0 Å². The largest absolute Gasteiger partial charge is 0.315 e. The molecule has 0 bridgehead atoms. The SMILES string of the molecule is CCCN(Cc1cccc(C)c1)C1CCNC1.Cl. The van der Waals surface area contributed by atoms with Crippen LogP contribution in [0.4, 0.5) is 0 Å². The van der Waals surface area contributed by atoms with Gasteiger partial charge in [-0.15, -0.1) is 12.4 Å². The van der Waals surface area contributed by atoms with Gasteiger partial charge in [0.25, 0.3) is 0 Å². The molecule has 1 unspecified atom stereocenters. The maximum Gasteiger partial charge on any atom is 0.0237 e. The van der Waals surface area contributed by atoms with Crippen LogP contribution in [0.25, 0.3) is 0 Å². The molecule has 1 aliphatic heterocycles. The summed E-state index contributed by atoms with van der Waals surface area (Å²) in [6.45, 7) is 9.09. The van der Waals surface area contributed by atoms with Gasteiger partial charge in [-0.05, 0) is 38.4 Å². The minimum absolute atomic E-state index is 0. The second kappa shape index (κ2) is 7.78. The monoisotopic (exact) mass is 268 g/mol. The molecule has 1 saturated heterocycles. The van der Waals surface area contributed by atoms with Crippen molar-refractivity contribution >= 4 is 12.4 Å². The second-order valence-electron chi connectivity index (χ2n) is 5.11. The molecule has 2 rings (SSSR count). The average Bonchev–Trinajstić information content (AvgIpc) is 2.82. The third kappa shape index (κ3) is 4.27. The van der Waals surface area contributed by atoms with E-state index in [0.717, 1.165) is 19.1 Å². The molecule has 0 aliphatic carbocycles. The van der Waals surface area contributed by atoms with Gasteiger partial charge >= 0.3 is 0 Å². The zero-order chi connectivity index (χ0) is 12.1. The highest BCUT2D eigenvalue weighted by molar-refractivity contribution is 5.85. The Labute approximate surface area is 117 Å². The van der Waals surface area contributed by atoms with E-state index < -0.39 is 0 Å². The lowest BCUT2D eigenvalue weighted by Gasteiger charge is -2.28. The molecular formula is C15H25ClN2. The van der Waals surface area contributed by atoms with Crippen LogP contribution in [0, 0.1) is 6.92 Å². The molecule has 0 amide bonds. The van der Waals surface area contributed by atoms with Crippen molar-refractivity contribution in [2.45, 2.75) is 39.3 Å². The summed E-state index contributed by atoms with van der Waals surface area (Å²) in [5.41, 5.74) is 2.81. The van der Waals surface area contributed by atoms with E-state index in [1.165, 1.54) is 37.1 Å². The first-order valence-corrected chi connectivity index (χ1v) is 6.80.